The highest BCUT2D eigenvalue weighted by Gasteiger charge is 2.11. The Balaban J connectivity index is 1.40. The number of hydrogen-bond acceptors (Lipinski definition) is 6. The summed E-state index contributed by atoms with van der Waals surface area (Å²) in [5.74, 6) is 0. The minimum Gasteiger partial charge on any atom is -0.422 e. The Morgan fingerprint density at radius 2 is 2.03 bits per heavy atom. The number of aromatic nitrogens is 2. The number of para-hydroxylation sites is 2. The lowest BCUT2D eigenvalue weighted by atomic mass is 10.1. The lowest BCUT2D eigenvalue weighted by Gasteiger charge is -1.99. The molecular formula is C23H18N4O2S. The summed E-state index contributed by atoms with van der Waals surface area (Å²) in [5, 5.41) is 8.79. The minimum atomic E-state index is -0.401. The van der Waals surface area contributed by atoms with E-state index in [4.69, 9.17) is 4.42 Å². The van der Waals surface area contributed by atoms with E-state index in [1.165, 1.54) is 16.9 Å². The quantitative estimate of drug-likeness (QED) is 0.239. The first kappa shape index (κ1) is 18.3. The Hall–Kier alpha value is -3.71. The predicted octanol–water partition coefficient (Wildman–Crippen LogP) is 5.34. The maximum absolute atomic E-state index is 12.3. The van der Waals surface area contributed by atoms with Gasteiger partial charge in [-0.2, -0.15) is 5.10 Å². The van der Waals surface area contributed by atoms with Gasteiger partial charge in [0.15, 0.2) is 0 Å². The molecule has 30 heavy (non-hydrogen) atoms. The summed E-state index contributed by atoms with van der Waals surface area (Å²) in [7, 11) is 0. The van der Waals surface area contributed by atoms with Crippen molar-refractivity contribution in [2.75, 3.05) is 5.43 Å². The van der Waals surface area contributed by atoms with Crippen LogP contribution in [0.3, 0.4) is 0 Å². The van der Waals surface area contributed by atoms with E-state index in [2.05, 4.69) is 45.3 Å². The Bertz CT molecular complexity index is 1440. The number of hydrazone groups is 1. The zero-order valence-electron chi connectivity index (χ0n) is 16.2. The highest BCUT2D eigenvalue weighted by atomic mass is 32.1. The molecule has 0 unspecified atom stereocenters. The van der Waals surface area contributed by atoms with Gasteiger partial charge in [0, 0.05) is 40.0 Å². The number of anilines is 1. The van der Waals surface area contributed by atoms with Crippen LogP contribution in [0.1, 0.15) is 12.5 Å². The van der Waals surface area contributed by atoms with Crippen molar-refractivity contribution in [1.82, 2.24) is 9.55 Å². The SMILES string of the molecule is CCn1cc(/C=N/Nc2nc(-c3cc4ccccc4oc3=O)cs2)c2ccccc21. The van der Waals surface area contributed by atoms with Crippen LogP contribution in [0.5, 0.6) is 0 Å². The van der Waals surface area contributed by atoms with Crippen molar-refractivity contribution in [2.45, 2.75) is 13.5 Å². The molecule has 0 saturated carbocycles. The van der Waals surface area contributed by atoms with Gasteiger partial charge in [0.1, 0.15) is 5.58 Å². The summed E-state index contributed by atoms with van der Waals surface area (Å²) in [6, 6.07) is 17.5. The van der Waals surface area contributed by atoms with Crippen LogP contribution < -0.4 is 11.1 Å². The molecule has 0 bridgehead atoms. The molecule has 0 spiro atoms. The number of thiazole rings is 1. The van der Waals surface area contributed by atoms with Gasteiger partial charge in [0.05, 0.1) is 17.5 Å². The fourth-order valence-electron chi connectivity index (χ4n) is 3.49. The normalized spacial score (nSPS) is 11.6. The van der Waals surface area contributed by atoms with Gasteiger partial charge in [-0.1, -0.05) is 36.4 Å². The first-order chi connectivity index (χ1) is 14.7. The summed E-state index contributed by atoms with van der Waals surface area (Å²) in [5.41, 5.74) is 6.35. The van der Waals surface area contributed by atoms with E-state index >= 15 is 0 Å². The van der Waals surface area contributed by atoms with E-state index in [0.29, 0.717) is 22.0 Å². The third kappa shape index (κ3) is 3.29. The van der Waals surface area contributed by atoms with E-state index in [1.54, 1.807) is 12.3 Å². The fourth-order valence-corrected chi connectivity index (χ4v) is 4.15. The molecular weight excluding hydrogens is 396 g/mol. The second-order valence-corrected chi connectivity index (χ2v) is 7.64. The van der Waals surface area contributed by atoms with Crippen molar-refractivity contribution in [3.63, 3.8) is 0 Å². The zero-order chi connectivity index (χ0) is 20.5. The smallest absolute Gasteiger partial charge is 0.345 e. The summed E-state index contributed by atoms with van der Waals surface area (Å²) in [6.07, 6.45) is 3.88. The van der Waals surface area contributed by atoms with Crippen molar-refractivity contribution in [3.8, 4) is 11.3 Å². The Kier molecular flexibility index (Phi) is 4.65. The van der Waals surface area contributed by atoms with E-state index in [0.717, 1.165) is 22.9 Å². The average Bonchev–Trinajstić information content (AvgIpc) is 3.38. The van der Waals surface area contributed by atoms with Gasteiger partial charge in [0.25, 0.3) is 0 Å². The van der Waals surface area contributed by atoms with Gasteiger partial charge >= 0.3 is 5.63 Å². The number of fused-ring (bicyclic) bond motifs is 2. The topological polar surface area (TPSA) is 72.4 Å². The molecule has 1 N–H and O–H groups in total. The second kappa shape index (κ2) is 7.61. The molecule has 0 aliphatic carbocycles. The Morgan fingerprint density at radius 1 is 1.20 bits per heavy atom. The van der Waals surface area contributed by atoms with Crippen LogP contribution in [-0.4, -0.2) is 15.8 Å². The summed E-state index contributed by atoms with van der Waals surface area (Å²) < 4.78 is 7.60. The fraction of sp³-hybridized carbons (Fsp3) is 0.0870. The van der Waals surface area contributed by atoms with E-state index in [1.807, 2.05) is 41.8 Å². The number of rotatable bonds is 5. The number of benzene rings is 2. The molecule has 148 valence electrons. The summed E-state index contributed by atoms with van der Waals surface area (Å²) >= 11 is 1.39. The van der Waals surface area contributed by atoms with Crippen LogP contribution in [0.15, 0.2) is 80.5 Å². The van der Waals surface area contributed by atoms with Crippen LogP contribution in [0.2, 0.25) is 0 Å². The number of hydrogen-bond donors (Lipinski definition) is 1. The third-order valence-electron chi connectivity index (χ3n) is 4.95. The first-order valence-electron chi connectivity index (χ1n) is 9.58. The first-order valence-corrected chi connectivity index (χ1v) is 10.5. The summed E-state index contributed by atoms with van der Waals surface area (Å²) in [6.45, 7) is 3.01. The molecule has 0 fully saturated rings. The molecule has 0 aliphatic heterocycles. The molecule has 3 aromatic heterocycles. The van der Waals surface area contributed by atoms with Crippen molar-refractivity contribution in [2.24, 2.45) is 5.10 Å². The van der Waals surface area contributed by atoms with Gasteiger partial charge in [-0.05, 0) is 25.1 Å². The van der Waals surface area contributed by atoms with Gasteiger partial charge in [-0.25, -0.2) is 9.78 Å². The number of nitrogens with one attached hydrogen (secondary N) is 1. The van der Waals surface area contributed by atoms with Crippen molar-refractivity contribution in [1.29, 1.82) is 0 Å². The highest BCUT2D eigenvalue weighted by molar-refractivity contribution is 7.14. The predicted molar refractivity (Wildman–Crippen MR) is 122 cm³/mol. The van der Waals surface area contributed by atoms with Gasteiger partial charge in [-0.3, -0.25) is 5.43 Å². The van der Waals surface area contributed by atoms with E-state index in [9.17, 15) is 4.79 Å². The Morgan fingerprint density at radius 3 is 2.93 bits per heavy atom. The van der Waals surface area contributed by atoms with Crippen molar-refractivity contribution < 1.29 is 4.42 Å². The van der Waals surface area contributed by atoms with Crippen molar-refractivity contribution >= 4 is 44.6 Å². The van der Waals surface area contributed by atoms with Gasteiger partial charge in [-0.15, -0.1) is 11.3 Å². The highest BCUT2D eigenvalue weighted by Crippen LogP contribution is 2.25. The average molecular weight is 414 g/mol. The zero-order valence-corrected chi connectivity index (χ0v) is 17.0. The molecule has 0 aliphatic rings. The van der Waals surface area contributed by atoms with Crippen LogP contribution in [0.25, 0.3) is 33.1 Å². The molecule has 0 amide bonds. The lowest BCUT2D eigenvalue weighted by Crippen LogP contribution is -2.02. The standard InChI is InChI=1S/C23H18N4O2S/c1-2-27-13-16(17-8-4-5-9-20(17)27)12-24-26-23-25-19(14-30-23)18-11-15-7-3-6-10-21(15)29-22(18)28/h3-14H,2H2,1H3,(H,25,26)/b24-12+. The molecule has 6 nitrogen and oxygen atoms in total. The van der Waals surface area contributed by atoms with Gasteiger partial charge < -0.3 is 8.98 Å². The maximum Gasteiger partial charge on any atom is 0.345 e. The largest absolute Gasteiger partial charge is 0.422 e. The number of nitrogens with zero attached hydrogens (tertiary/aromatic N) is 3. The molecule has 0 atom stereocenters. The molecule has 2 aromatic carbocycles. The molecule has 3 heterocycles. The molecule has 5 aromatic rings. The summed E-state index contributed by atoms with van der Waals surface area (Å²) in [4.78, 5) is 16.8. The van der Waals surface area contributed by atoms with Crippen LogP contribution in [0.4, 0.5) is 5.13 Å². The van der Waals surface area contributed by atoms with Gasteiger partial charge in [0.2, 0.25) is 5.13 Å². The molecule has 7 heteroatoms. The van der Waals surface area contributed by atoms with E-state index < -0.39 is 5.63 Å². The van der Waals surface area contributed by atoms with Crippen molar-refractivity contribution in [3.05, 3.63) is 82.2 Å². The monoisotopic (exact) mass is 414 g/mol. The molecule has 0 saturated heterocycles. The van der Waals surface area contributed by atoms with Crippen LogP contribution in [-0.2, 0) is 6.54 Å². The Labute approximate surface area is 176 Å². The maximum atomic E-state index is 12.3. The van der Waals surface area contributed by atoms with E-state index in [-0.39, 0.29) is 0 Å². The molecule has 5 rings (SSSR count). The second-order valence-electron chi connectivity index (χ2n) is 6.78. The lowest BCUT2D eigenvalue weighted by molar-refractivity contribution is 0.563. The number of aryl methyl sites for hydroxylation is 1. The minimum absolute atomic E-state index is 0.401. The third-order valence-corrected chi connectivity index (χ3v) is 5.69. The molecule has 0 radical (unpaired) electrons. The van der Waals surface area contributed by atoms with Crippen LogP contribution in [0, 0.1) is 0 Å². The van der Waals surface area contributed by atoms with Crippen LogP contribution >= 0.6 is 11.3 Å².